The summed E-state index contributed by atoms with van der Waals surface area (Å²) < 4.78 is 13.5. The first-order chi connectivity index (χ1) is 14.1. The molecule has 0 N–H and O–H groups in total. The number of hydrogen-bond donors (Lipinski definition) is 0. The number of benzene rings is 1. The van der Waals surface area contributed by atoms with Gasteiger partial charge in [-0.25, -0.2) is 14.4 Å². The standard InChI is InChI=1S/C23H23FN4S/c1-4-28(14-11-17-9-12-25-13-10-17)22-21-20(18-5-7-19(24)8-6-18)15(2)29-23(21)27-16(3)26-22/h5-10,12-13H,4,11,14H2,1-3H3. The van der Waals surface area contributed by atoms with Crippen LogP contribution in [0.2, 0.25) is 0 Å². The zero-order chi connectivity index (χ0) is 20.4. The molecule has 0 saturated carbocycles. The topological polar surface area (TPSA) is 41.9 Å². The van der Waals surface area contributed by atoms with Crippen LogP contribution in [0.25, 0.3) is 21.3 Å². The van der Waals surface area contributed by atoms with Crippen LogP contribution in [0.3, 0.4) is 0 Å². The number of pyridine rings is 1. The van der Waals surface area contributed by atoms with E-state index in [1.165, 1.54) is 17.7 Å². The minimum Gasteiger partial charge on any atom is -0.356 e. The number of hydrogen-bond acceptors (Lipinski definition) is 5. The molecule has 0 saturated heterocycles. The summed E-state index contributed by atoms with van der Waals surface area (Å²) in [6, 6.07) is 10.8. The average Bonchev–Trinajstić information content (AvgIpc) is 3.05. The summed E-state index contributed by atoms with van der Waals surface area (Å²) >= 11 is 1.67. The van der Waals surface area contributed by atoms with Gasteiger partial charge >= 0.3 is 0 Å². The number of thiophene rings is 1. The van der Waals surface area contributed by atoms with Crippen LogP contribution >= 0.6 is 11.3 Å². The van der Waals surface area contributed by atoms with Gasteiger partial charge in [-0.2, -0.15) is 0 Å². The first kappa shape index (κ1) is 19.5. The van der Waals surface area contributed by atoms with Crippen molar-refractivity contribution in [3.63, 3.8) is 0 Å². The van der Waals surface area contributed by atoms with E-state index in [4.69, 9.17) is 9.97 Å². The smallest absolute Gasteiger partial charge is 0.141 e. The molecule has 0 bridgehead atoms. The summed E-state index contributed by atoms with van der Waals surface area (Å²) in [6.07, 6.45) is 4.57. The van der Waals surface area contributed by atoms with Gasteiger partial charge in [0.2, 0.25) is 0 Å². The van der Waals surface area contributed by atoms with Crippen LogP contribution in [0, 0.1) is 19.7 Å². The van der Waals surface area contributed by atoms with Gasteiger partial charge in [0.1, 0.15) is 22.3 Å². The van der Waals surface area contributed by atoms with Crippen LogP contribution in [0.4, 0.5) is 10.2 Å². The van der Waals surface area contributed by atoms with Crippen molar-refractivity contribution in [1.29, 1.82) is 0 Å². The average molecular weight is 407 g/mol. The van der Waals surface area contributed by atoms with Crippen LogP contribution in [-0.4, -0.2) is 28.0 Å². The second-order valence-electron chi connectivity index (χ2n) is 7.00. The molecule has 3 heterocycles. The molecule has 148 valence electrons. The van der Waals surface area contributed by atoms with Gasteiger partial charge < -0.3 is 4.90 Å². The second-order valence-corrected chi connectivity index (χ2v) is 8.20. The molecule has 3 aromatic heterocycles. The summed E-state index contributed by atoms with van der Waals surface area (Å²) in [5.41, 5.74) is 3.34. The molecular weight excluding hydrogens is 383 g/mol. The first-order valence-electron chi connectivity index (χ1n) is 9.74. The lowest BCUT2D eigenvalue weighted by atomic mass is 10.0. The van der Waals surface area contributed by atoms with Gasteiger partial charge in [-0.15, -0.1) is 11.3 Å². The zero-order valence-electron chi connectivity index (χ0n) is 16.8. The summed E-state index contributed by atoms with van der Waals surface area (Å²) in [5, 5.41) is 1.06. The van der Waals surface area contributed by atoms with Gasteiger partial charge in [-0.05, 0) is 62.6 Å². The number of fused-ring (bicyclic) bond motifs is 1. The quantitative estimate of drug-likeness (QED) is 0.419. The number of halogens is 1. The molecule has 1 aromatic carbocycles. The van der Waals surface area contributed by atoms with Gasteiger partial charge in [0.25, 0.3) is 0 Å². The number of nitrogens with zero attached hydrogens (tertiary/aromatic N) is 4. The zero-order valence-corrected chi connectivity index (χ0v) is 17.6. The maximum absolute atomic E-state index is 13.5. The molecule has 29 heavy (non-hydrogen) atoms. The largest absolute Gasteiger partial charge is 0.356 e. The van der Waals surface area contributed by atoms with Gasteiger partial charge in [0.15, 0.2) is 0 Å². The van der Waals surface area contributed by atoms with E-state index in [9.17, 15) is 4.39 Å². The normalized spacial score (nSPS) is 11.2. The second kappa shape index (κ2) is 8.25. The van der Waals surface area contributed by atoms with Crippen molar-refractivity contribution in [1.82, 2.24) is 15.0 Å². The summed E-state index contributed by atoms with van der Waals surface area (Å²) in [6.45, 7) is 7.87. The monoisotopic (exact) mass is 406 g/mol. The Morgan fingerprint density at radius 2 is 1.72 bits per heavy atom. The molecule has 4 rings (SSSR count). The van der Waals surface area contributed by atoms with Crippen molar-refractivity contribution in [3.05, 3.63) is 70.9 Å². The van der Waals surface area contributed by atoms with Crippen molar-refractivity contribution in [3.8, 4) is 11.1 Å². The molecule has 0 aliphatic rings. The Morgan fingerprint density at radius 1 is 1.00 bits per heavy atom. The minimum absolute atomic E-state index is 0.231. The van der Waals surface area contributed by atoms with Gasteiger partial charge in [0.05, 0.1) is 5.39 Å². The summed E-state index contributed by atoms with van der Waals surface area (Å²) in [5.74, 6) is 1.49. The highest BCUT2D eigenvalue weighted by molar-refractivity contribution is 7.19. The number of anilines is 1. The van der Waals surface area contributed by atoms with Gasteiger partial charge in [0, 0.05) is 35.9 Å². The number of aryl methyl sites for hydroxylation is 2. The van der Waals surface area contributed by atoms with E-state index in [2.05, 4.69) is 23.7 Å². The Bertz CT molecular complexity index is 1120. The molecule has 0 aliphatic carbocycles. The minimum atomic E-state index is -0.231. The highest BCUT2D eigenvalue weighted by Gasteiger charge is 2.21. The third-order valence-corrected chi connectivity index (χ3v) is 6.05. The van der Waals surface area contributed by atoms with Crippen LogP contribution in [-0.2, 0) is 6.42 Å². The Labute approximate surface area is 174 Å². The predicted molar refractivity (Wildman–Crippen MR) is 118 cm³/mol. The third kappa shape index (κ3) is 3.98. The third-order valence-electron chi connectivity index (χ3n) is 5.05. The summed E-state index contributed by atoms with van der Waals surface area (Å²) in [7, 11) is 0. The van der Waals surface area contributed by atoms with Crippen molar-refractivity contribution in [2.24, 2.45) is 0 Å². The van der Waals surface area contributed by atoms with Gasteiger partial charge in [-0.1, -0.05) is 12.1 Å². The molecule has 4 nitrogen and oxygen atoms in total. The van der Waals surface area contributed by atoms with E-state index in [1.807, 2.05) is 43.6 Å². The van der Waals surface area contributed by atoms with Crippen LogP contribution < -0.4 is 4.90 Å². The highest BCUT2D eigenvalue weighted by Crippen LogP contribution is 2.41. The molecular formula is C23H23FN4S. The Kier molecular flexibility index (Phi) is 5.53. The van der Waals surface area contributed by atoms with Crippen molar-refractivity contribution >= 4 is 27.4 Å². The van der Waals surface area contributed by atoms with E-state index in [1.54, 1.807) is 11.3 Å². The number of aromatic nitrogens is 3. The molecule has 0 unspecified atom stereocenters. The van der Waals surface area contributed by atoms with Crippen LogP contribution in [0.1, 0.15) is 23.2 Å². The van der Waals surface area contributed by atoms with Gasteiger partial charge in [-0.3, -0.25) is 4.98 Å². The fourth-order valence-electron chi connectivity index (χ4n) is 3.62. The van der Waals surface area contributed by atoms with E-state index in [0.717, 1.165) is 57.4 Å². The lowest BCUT2D eigenvalue weighted by Gasteiger charge is -2.23. The first-order valence-corrected chi connectivity index (χ1v) is 10.6. The molecule has 4 aromatic rings. The maximum Gasteiger partial charge on any atom is 0.141 e. The predicted octanol–water partition coefficient (Wildman–Crippen LogP) is 5.58. The van der Waals surface area contributed by atoms with Crippen LogP contribution in [0.5, 0.6) is 0 Å². The molecule has 0 atom stereocenters. The molecule has 0 radical (unpaired) electrons. The molecule has 0 amide bonds. The highest BCUT2D eigenvalue weighted by atomic mass is 32.1. The lowest BCUT2D eigenvalue weighted by Crippen LogP contribution is -2.27. The summed E-state index contributed by atoms with van der Waals surface area (Å²) in [4.78, 5) is 18.1. The van der Waals surface area contributed by atoms with Crippen molar-refractivity contribution in [2.75, 3.05) is 18.0 Å². The van der Waals surface area contributed by atoms with Crippen molar-refractivity contribution in [2.45, 2.75) is 27.2 Å². The Morgan fingerprint density at radius 3 is 2.41 bits per heavy atom. The Hall–Kier alpha value is -2.86. The molecule has 0 spiro atoms. The fraction of sp³-hybridized carbons (Fsp3) is 0.261. The van der Waals surface area contributed by atoms with Crippen molar-refractivity contribution < 1.29 is 4.39 Å². The molecule has 0 aliphatic heterocycles. The molecule has 0 fully saturated rings. The van der Waals surface area contributed by atoms with Crippen LogP contribution in [0.15, 0.2) is 48.8 Å². The molecule has 6 heteroatoms. The SMILES string of the molecule is CCN(CCc1ccncc1)c1nc(C)nc2sc(C)c(-c3ccc(F)cc3)c12. The number of likely N-dealkylation sites (N-methyl/N-ethyl adjacent to an activating group) is 1. The fourth-order valence-corrected chi connectivity index (χ4v) is 4.70. The van der Waals surface area contributed by atoms with E-state index in [-0.39, 0.29) is 5.82 Å². The number of rotatable bonds is 6. The van der Waals surface area contributed by atoms with E-state index >= 15 is 0 Å². The maximum atomic E-state index is 13.5. The van der Waals surface area contributed by atoms with E-state index in [0.29, 0.717) is 0 Å². The Balaban J connectivity index is 1.80. The van der Waals surface area contributed by atoms with E-state index < -0.39 is 0 Å². The lowest BCUT2D eigenvalue weighted by molar-refractivity contribution is 0.628.